The van der Waals surface area contributed by atoms with Crippen LogP contribution in [0.4, 0.5) is 10.5 Å². The third kappa shape index (κ3) is 5.17. The first kappa shape index (κ1) is 22.4. The summed E-state index contributed by atoms with van der Waals surface area (Å²) < 4.78 is 6.76. The van der Waals surface area contributed by atoms with Gasteiger partial charge in [-0.2, -0.15) is 0 Å². The summed E-state index contributed by atoms with van der Waals surface area (Å²) in [4.78, 5) is 39.6. The minimum atomic E-state index is -0.519. The quantitative estimate of drug-likeness (QED) is 0.307. The van der Waals surface area contributed by atoms with E-state index in [1.807, 2.05) is 48.7 Å². The second-order valence-electron chi connectivity index (χ2n) is 6.76. The molecule has 3 amide bonds. The van der Waals surface area contributed by atoms with E-state index < -0.39 is 17.1 Å². The number of amides is 3. The molecule has 1 aliphatic heterocycles. The highest BCUT2D eigenvalue weighted by Gasteiger charge is 2.36. The van der Waals surface area contributed by atoms with Crippen LogP contribution in [0.25, 0.3) is 17.4 Å². The highest BCUT2D eigenvalue weighted by Crippen LogP contribution is 2.33. The number of nitrogens with zero attached hydrogens (tertiary/aromatic N) is 1. The van der Waals surface area contributed by atoms with Gasteiger partial charge in [-0.05, 0) is 60.5 Å². The van der Waals surface area contributed by atoms with E-state index in [9.17, 15) is 14.4 Å². The molecule has 0 unspecified atom stereocenters. The van der Waals surface area contributed by atoms with Gasteiger partial charge in [0.25, 0.3) is 11.1 Å². The Morgan fingerprint density at radius 2 is 1.94 bits per heavy atom. The maximum absolute atomic E-state index is 12.7. The topological polar surface area (TPSA) is 79.6 Å². The number of rotatable bonds is 6. The van der Waals surface area contributed by atoms with Crippen molar-refractivity contribution in [3.63, 3.8) is 0 Å². The Morgan fingerprint density at radius 3 is 2.69 bits per heavy atom. The SMILES string of the molecule is CSc1cccc(NC(=O)CN2C(=O)S/C(=C/c3ccc(-c4ccc(Br)cc4)o3)C2=O)c1. The lowest BCUT2D eigenvalue weighted by Crippen LogP contribution is -2.36. The normalized spacial score (nSPS) is 14.9. The van der Waals surface area contributed by atoms with Gasteiger partial charge in [0, 0.05) is 26.7 Å². The number of benzene rings is 2. The number of hydrogen-bond acceptors (Lipinski definition) is 6. The van der Waals surface area contributed by atoms with E-state index in [0.29, 0.717) is 17.2 Å². The Labute approximate surface area is 201 Å². The molecule has 0 spiro atoms. The summed E-state index contributed by atoms with van der Waals surface area (Å²) in [5.74, 6) is 0.138. The largest absolute Gasteiger partial charge is 0.457 e. The van der Waals surface area contributed by atoms with E-state index in [0.717, 1.165) is 31.6 Å². The monoisotopic (exact) mass is 528 g/mol. The molecule has 9 heteroatoms. The first-order chi connectivity index (χ1) is 15.4. The molecule has 162 valence electrons. The van der Waals surface area contributed by atoms with Crippen LogP contribution in [-0.2, 0) is 9.59 Å². The number of nitrogens with one attached hydrogen (secondary N) is 1. The third-order valence-electron chi connectivity index (χ3n) is 4.56. The molecule has 2 aromatic carbocycles. The molecule has 1 saturated heterocycles. The second kappa shape index (κ2) is 9.81. The Balaban J connectivity index is 1.44. The van der Waals surface area contributed by atoms with Crippen molar-refractivity contribution in [3.05, 3.63) is 75.8 Å². The van der Waals surface area contributed by atoms with Gasteiger partial charge >= 0.3 is 0 Å². The molecule has 4 rings (SSSR count). The highest BCUT2D eigenvalue weighted by molar-refractivity contribution is 9.10. The molecule has 0 aliphatic carbocycles. The Bertz CT molecular complexity index is 1220. The second-order valence-corrected chi connectivity index (χ2v) is 9.55. The number of imide groups is 1. The van der Waals surface area contributed by atoms with Crippen molar-refractivity contribution in [2.75, 3.05) is 18.1 Å². The van der Waals surface area contributed by atoms with Crippen molar-refractivity contribution in [1.82, 2.24) is 4.90 Å². The van der Waals surface area contributed by atoms with E-state index in [1.54, 1.807) is 30.0 Å². The van der Waals surface area contributed by atoms with Crippen LogP contribution in [0, 0.1) is 0 Å². The fraction of sp³-hybridized carbons (Fsp3) is 0.0870. The van der Waals surface area contributed by atoms with Crippen LogP contribution in [0.1, 0.15) is 5.76 Å². The summed E-state index contributed by atoms with van der Waals surface area (Å²) >= 11 is 5.74. The van der Waals surface area contributed by atoms with Crippen molar-refractivity contribution in [2.24, 2.45) is 0 Å². The van der Waals surface area contributed by atoms with Crippen molar-refractivity contribution in [3.8, 4) is 11.3 Å². The summed E-state index contributed by atoms with van der Waals surface area (Å²) in [6.07, 6.45) is 3.46. The average Bonchev–Trinajstić information content (AvgIpc) is 3.35. The Kier molecular flexibility index (Phi) is 6.88. The van der Waals surface area contributed by atoms with Crippen molar-refractivity contribution < 1.29 is 18.8 Å². The molecule has 1 aromatic heterocycles. The van der Waals surface area contributed by atoms with Crippen LogP contribution in [0.2, 0.25) is 0 Å². The fourth-order valence-corrected chi connectivity index (χ4v) is 4.55. The van der Waals surface area contributed by atoms with Crippen molar-refractivity contribution in [2.45, 2.75) is 4.90 Å². The molecular formula is C23H17BrN2O4S2. The number of thioether (sulfide) groups is 2. The molecule has 0 saturated carbocycles. The van der Waals surface area contributed by atoms with Crippen LogP contribution >= 0.6 is 39.5 Å². The van der Waals surface area contributed by atoms with Crippen molar-refractivity contribution in [1.29, 1.82) is 0 Å². The van der Waals surface area contributed by atoms with E-state index in [1.165, 1.54) is 6.08 Å². The zero-order valence-electron chi connectivity index (χ0n) is 16.8. The third-order valence-corrected chi connectivity index (χ3v) is 6.72. The molecule has 32 heavy (non-hydrogen) atoms. The molecule has 3 aromatic rings. The zero-order chi connectivity index (χ0) is 22.7. The average molecular weight is 529 g/mol. The van der Waals surface area contributed by atoms with E-state index in [-0.39, 0.29) is 11.4 Å². The van der Waals surface area contributed by atoms with Gasteiger partial charge in [0.2, 0.25) is 5.91 Å². The van der Waals surface area contributed by atoms with Crippen LogP contribution < -0.4 is 5.32 Å². The molecule has 1 fully saturated rings. The van der Waals surface area contributed by atoms with Crippen LogP contribution in [-0.4, -0.2) is 34.8 Å². The van der Waals surface area contributed by atoms with Gasteiger partial charge in [0.05, 0.1) is 4.91 Å². The fourth-order valence-electron chi connectivity index (χ4n) is 3.01. The first-order valence-corrected chi connectivity index (χ1v) is 12.3. The van der Waals surface area contributed by atoms with Crippen molar-refractivity contribution >= 4 is 68.3 Å². The number of furan rings is 1. The molecule has 2 heterocycles. The van der Waals surface area contributed by atoms with E-state index >= 15 is 0 Å². The lowest BCUT2D eigenvalue weighted by molar-refractivity contribution is -0.127. The van der Waals surface area contributed by atoms with Crippen LogP contribution in [0.15, 0.2) is 79.4 Å². The maximum atomic E-state index is 12.7. The number of halogens is 1. The standard InChI is InChI=1S/C23H17BrN2O4S2/c1-31-18-4-2-3-16(11-18)25-21(27)13-26-22(28)20(32-23(26)29)12-17-9-10-19(30-17)14-5-7-15(24)8-6-14/h2-12H,13H2,1H3,(H,25,27)/b20-12+. The van der Waals surface area contributed by atoms with Gasteiger partial charge in [-0.15, -0.1) is 11.8 Å². The van der Waals surface area contributed by atoms with E-state index in [2.05, 4.69) is 21.2 Å². The first-order valence-electron chi connectivity index (χ1n) is 9.48. The molecule has 1 aliphatic rings. The lowest BCUT2D eigenvalue weighted by atomic mass is 10.2. The van der Waals surface area contributed by atoms with Crippen LogP contribution in [0.3, 0.4) is 0 Å². The van der Waals surface area contributed by atoms with Gasteiger partial charge in [0.15, 0.2) is 0 Å². The van der Waals surface area contributed by atoms with Gasteiger partial charge in [0.1, 0.15) is 18.1 Å². The lowest BCUT2D eigenvalue weighted by Gasteiger charge is -2.12. The predicted molar refractivity (Wildman–Crippen MR) is 131 cm³/mol. The maximum Gasteiger partial charge on any atom is 0.294 e. The smallest absolute Gasteiger partial charge is 0.294 e. The summed E-state index contributed by atoms with van der Waals surface area (Å²) in [7, 11) is 0. The molecule has 0 bridgehead atoms. The molecule has 6 nitrogen and oxygen atoms in total. The molecule has 0 atom stereocenters. The summed E-state index contributed by atoms with van der Waals surface area (Å²) in [5, 5.41) is 2.23. The number of carbonyl (C=O) groups is 3. The number of hydrogen-bond donors (Lipinski definition) is 1. The van der Waals surface area contributed by atoms with Gasteiger partial charge in [-0.3, -0.25) is 19.3 Å². The summed E-state index contributed by atoms with van der Waals surface area (Å²) in [5.41, 5.74) is 1.50. The summed E-state index contributed by atoms with van der Waals surface area (Å²) in [6.45, 7) is -0.353. The van der Waals surface area contributed by atoms with Gasteiger partial charge in [-0.25, -0.2) is 0 Å². The predicted octanol–water partition coefficient (Wildman–Crippen LogP) is 6.11. The number of anilines is 1. The number of carbonyl (C=O) groups excluding carboxylic acids is 3. The molecule has 0 radical (unpaired) electrons. The molecular weight excluding hydrogens is 512 g/mol. The Hall–Kier alpha value is -2.75. The molecule has 1 N–H and O–H groups in total. The van der Waals surface area contributed by atoms with Gasteiger partial charge in [-0.1, -0.05) is 34.1 Å². The minimum absolute atomic E-state index is 0.212. The highest BCUT2D eigenvalue weighted by atomic mass is 79.9. The van der Waals surface area contributed by atoms with E-state index in [4.69, 9.17) is 4.42 Å². The Morgan fingerprint density at radius 1 is 1.16 bits per heavy atom. The zero-order valence-corrected chi connectivity index (χ0v) is 20.1. The summed E-state index contributed by atoms with van der Waals surface area (Å²) in [6, 6.07) is 18.5. The van der Waals surface area contributed by atoms with Gasteiger partial charge < -0.3 is 9.73 Å². The minimum Gasteiger partial charge on any atom is -0.457 e. The van der Waals surface area contributed by atoms with Crippen LogP contribution in [0.5, 0.6) is 0 Å².